The summed E-state index contributed by atoms with van der Waals surface area (Å²) in [7, 11) is 1.34. The third-order valence-electron chi connectivity index (χ3n) is 3.28. The van der Waals surface area contributed by atoms with Crippen LogP contribution in [0, 0.1) is 0 Å². The van der Waals surface area contributed by atoms with Gasteiger partial charge in [0.25, 0.3) is 0 Å². The first-order valence-electron chi connectivity index (χ1n) is 6.70. The molecular weight excluding hydrogens is 291 g/mol. The molecule has 9 heteroatoms. The van der Waals surface area contributed by atoms with Gasteiger partial charge in [-0.1, -0.05) is 0 Å². The summed E-state index contributed by atoms with van der Waals surface area (Å²) in [4.78, 5) is 26.9. The van der Waals surface area contributed by atoms with E-state index in [4.69, 9.17) is 5.11 Å². The molecule has 1 rings (SSSR count). The second kappa shape index (κ2) is 7.48. The fourth-order valence-corrected chi connectivity index (χ4v) is 2.14. The van der Waals surface area contributed by atoms with Gasteiger partial charge in [0.2, 0.25) is 0 Å². The molecule has 0 aromatic carbocycles. The first-order chi connectivity index (χ1) is 9.69. The second-order valence-corrected chi connectivity index (χ2v) is 5.08. The maximum Gasteiger partial charge on any atom is 0.390 e. The Kier molecular flexibility index (Phi) is 6.25. The Balaban J connectivity index is 2.45. The summed E-state index contributed by atoms with van der Waals surface area (Å²) >= 11 is 0. The molecule has 1 aliphatic rings. The number of aliphatic carboxylic acids is 1. The van der Waals surface area contributed by atoms with Crippen LogP contribution in [0.25, 0.3) is 0 Å². The van der Waals surface area contributed by atoms with Gasteiger partial charge in [0, 0.05) is 39.8 Å². The van der Waals surface area contributed by atoms with Gasteiger partial charge in [-0.15, -0.1) is 0 Å². The number of carboxylic acids is 1. The van der Waals surface area contributed by atoms with Crippen LogP contribution < -0.4 is 0 Å². The van der Waals surface area contributed by atoms with Gasteiger partial charge in [-0.05, 0) is 6.42 Å². The van der Waals surface area contributed by atoms with Gasteiger partial charge in [0.1, 0.15) is 0 Å². The van der Waals surface area contributed by atoms with Gasteiger partial charge < -0.3 is 14.9 Å². The maximum atomic E-state index is 12.1. The van der Waals surface area contributed by atoms with E-state index >= 15 is 0 Å². The zero-order valence-electron chi connectivity index (χ0n) is 11.9. The molecule has 0 aromatic rings. The highest BCUT2D eigenvalue weighted by atomic mass is 19.4. The molecule has 0 spiro atoms. The number of carbonyl (C=O) groups excluding carboxylic acids is 1. The highest BCUT2D eigenvalue weighted by molar-refractivity contribution is 5.74. The summed E-state index contributed by atoms with van der Waals surface area (Å²) < 4.78 is 36.4. The summed E-state index contributed by atoms with van der Waals surface area (Å²) in [6.45, 7) is 1.24. The molecule has 0 radical (unpaired) electrons. The molecule has 0 bridgehead atoms. The molecule has 0 saturated carbocycles. The van der Waals surface area contributed by atoms with E-state index in [1.807, 2.05) is 0 Å². The number of rotatable bonds is 4. The summed E-state index contributed by atoms with van der Waals surface area (Å²) in [5, 5.41) is 8.73. The van der Waals surface area contributed by atoms with Crippen molar-refractivity contribution in [3.05, 3.63) is 0 Å². The van der Waals surface area contributed by atoms with Crippen LogP contribution in [0.3, 0.4) is 0 Å². The Labute approximate surface area is 121 Å². The lowest BCUT2D eigenvalue weighted by molar-refractivity contribution is -0.138. The molecule has 21 heavy (non-hydrogen) atoms. The molecule has 0 aromatic heterocycles. The quantitative estimate of drug-likeness (QED) is 0.844. The largest absolute Gasteiger partial charge is 0.480 e. The van der Waals surface area contributed by atoms with Gasteiger partial charge in [0.05, 0.1) is 13.0 Å². The molecule has 1 saturated heterocycles. The lowest BCUT2D eigenvalue weighted by atomic mass is 10.3. The minimum absolute atomic E-state index is 0.0913. The number of hydrogen-bond acceptors (Lipinski definition) is 3. The van der Waals surface area contributed by atoms with Crippen LogP contribution in [0.1, 0.15) is 12.8 Å². The number of carbonyl (C=O) groups is 2. The number of urea groups is 1. The number of halogens is 3. The van der Waals surface area contributed by atoms with Crippen molar-refractivity contribution in [2.24, 2.45) is 0 Å². The maximum absolute atomic E-state index is 12.1. The van der Waals surface area contributed by atoms with Crippen LogP contribution in [0.5, 0.6) is 0 Å². The van der Waals surface area contributed by atoms with Gasteiger partial charge in [-0.25, -0.2) is 4.79 Å². The van der Waals surface area contributed by atoms with E-state index in [9.17, 15) is 22.8 Å². The van der Waals surface area contributed by atoms with Gasteiger partial charge in [-0.2, -0.15) is 13.2 Å². The zero-order chi connectivity index (χ0) is 16.0. The van der Waals surface area contributed by atoms with E-state index < -0.39 is 24.6 Å². The predicted molar refractivity (Wildman–Crippen MR) is 69.0 cm³/mol. The molecule has 0 aliphatic carbocycles. The highest BCUT2D eigenvalue weighted by Gasteiger charge is 2.29. The fourth-order valence-electron chi connectivity index (χ4n) is 2.14. The van der Waals surface area contributed by atoms with Crippen molar-refractivity contribution in [3.8, 4) is 0 Å². The highest BCUT2D eigenvalue weighted by Crippen LogP contribution is 2.19. The van der Waals surface area contributed by atoms with Crippen LogP contribution in [0.2, 0.25) is 0 Å². The third-order valence-corrected chi connectivity index (χ3v) is 3.28. The predicted octanol–water partition coefficient (Wildman–Crippen LogP) is 1.08. The van der Waals surface area contributed by atoms with Crippen molar-refractivity contribution in [1.82, 2.24) is 14.7 Å². The first-order valence-corrected chi connectivity index (χ1v) is 6.70. The Morgan fingerprint density at radius 1 is 1.19 bits per heavy atom. The number of alkyl halides is 3. The minimum Gasteiger partial charge on any atom is -0.480 e. The van der Waals surface area contributed by atoms with E-state index in [2.05, 4.69) is 0 Å². The number of carboxylic acid groups (broad SMARTS) is 1. The van der Waals surface area contributed by atoms with Crippen molar-refractivity contribution < 1.29 is 27.9 Å². The van der Waals surface area contributed by atoms with Crippen LogP contribution in [0.15, 0.2) is 0 Å². The average molecular weight is 311 g/mol. The Hall–Kier alpha value is -1.51. The van der Waals surface area contributed by atoms with Crippen molar-refractivity contribution in [2.45, 2.75) is 19.0 Å². The molecular formula is C12H20F3N3O3. The average Bonchev–Trinajstić information content (AvgIpc) is 2.59. The molecule has 6 nitrogen and oxygen atoms in total. The Morgan fingerprint density at radius 3 is 2.43 bits per heavy atom. The van der Waals surface area contributed by atoms with Gasteiger partial charge >= 0.3 is 18.2 Å². The normalized spacial score (nSPS) is 17.4. The third kappa shape index (κ3) is 6.65. The summed E-state index contributed by atoms with van der Waals surface area (Å²) in [6, 6.07) is -0.448. The number of hydrogen-bond donors (Lipinski definition) is 1. The topological polar surface area (TPSA) is 64.1 Å². The van der Waals surface area contributed by atoms with Crippen molar-refractivity contribution in [2.75, 3.05) is 46.3 Å². The second-order valence-electron chi connectivity index (χ2n) is 5.08. The molecule has 122 valence electrons. The lowest BCUT2D eigenvalue weighted by Crippen LogP contribution is -2.44. The molecule has 0 atom stereocenters. The summed E-state index contributed by atoms with van der Waals surface area (Å²) in [6.07, 6.45) is -4.72. The molecule has 2 amide bonds. The summed E-state index contributed by atoms with van der Waals surface area (Å²) in [5.74, 6) is -0.933. The lowest BCUT2D eigenvalue weighted by Gasteiger charge is -2.27. The van der Waals surface area contributed by atoms with Crippen molar-refractivity contribution >= 4 is 12.0 Å². The van der Waals surface area contributed by atoms with Crippen LogP contribution in [0.4, 0.5) is 18.0 Å². The molecule has 1 heterocycles. The van der Waals surface area contributed by atoms with Crippen molar-refractivity contribution in [3.63, 3.8) is 0 Å². The van der Waals surface area contributed by atoms with Crippen molar-refractivity contribution in [1.29, 1.82) is 0 Å². The molecule has 1 fully saturated rings. The van der Waals surface area contributed by atoms with E-state index in [0.717, 1.165) is 4.90 Å². The Bertz CT molecular complexity index is 376. The van der Waals surface area contributed by atoms with E-state index in [1.165, 1.54) is 11.9 Å². The SMILES string of the molecule is CN(CCC(F)(F)F)C(=O)N1CCCN(CC(=O)O)CC1. The van der Waals surface area contributed by atoms with E-state index in [0.29, 0.717) is 32.6 Å². The number of amides is 2. The van der Waals surface area contributed by atoms with Crippen LogP contribution >= 0.6 is 0 Å². The van der Waals surface area contributed by atoms with Crippen LogP contribution in [-0.2, 0) is 4.79 Å². The van der Waals surface area contributed by atoms with Gasteiger partial charge in [-0.3, -0.25) is 9.69 Å². The van der Waals surface area contributed by atoms with Crippen LogP contribution in [-0.4, -0.2) is 84.3 Å². The minimum atomic E-state index is -4.29. The smallest absolute Gasteiger partial charge is 0.390 e. The van der Waals surface area contributed by atoms with E-state index in [-0.39, 0.29) is 13.1 Å². The first kappa shape index (κ1) is 17.5. The monoisotopic (exact) mass is 311 g/mol. The Morgan fingerprint density at radius 2 is 1.86 bits per heavy atom. The van der Waals surface area contributed by atoms with Gasteiger partial charge in [0.15, 0.2) is 0 Å². The summed E-state index contributed by atoms with van der Waals surface area (Å²) in [5.41, 5.74) is 0. The standard InChI is InChI=1S/C12H20F3N3O3/c1-16(6-3-12(13,14)15)11(21)18-5-2-4-17(7-8-18)9-10(19)20/h2-9H2,1H3,(H,19,20). The molecule has 1 aliphatic heterocycles. The zero-order valence-corrected chi connectivity index (χ0v) is 11.9. The molecule has 0 unspecified atom stereocenters. The molecule has 1 N–H and O–H groups in total. The number of nitrogens with zero attached hydrogens (tertiary/aromatic N) is 3. The fraction of sp³-hybridized carbons (Fsp3) is 0.833. The van der Waals surface area contributed by atoms with E-state index in [1.54, 1.807) is 4.90 Å².